The highest BCUT2D eigenvalue weighted by Gasteiger charge is 2.32. The molecule has 2 amide bonds. The molecule has 7 nitrogen and oxygen atoms in total. The number of nitrogens with zero attached hydrogens (tertiary/aromatic N) is 2. The Morgan fingerprint density at radius 1 is 0.944 bits per heavy atom. The molecule has 0 spiro atoms. The van der Waals surface area contributed by atoms with Crippen molar-refractivity contribution in [1.82, 2.24) is 10.2 Å². The molecule has 0 bridgehead atoms. The summed E-state index contributed by atoms with van der Waals surface area (Å²) in [6, 6.07) is 6.46. The highest BCUT2D eigenvalue weighted by atomic mass is 35.5. The lowest BCUT2D eigenvalue weighted by molar-refractivity contribution is -0.140. The Morgan fingerprint density at radius 2 is 1.58 bits per heavy atom. The van der Waals surface area contributed by atoms with Gasteiger partial charge in [-0.3, -0.25) is 13.9 Å². The van der Waals surface area contributed by atoms with E-state index in [4.69, 9.17) is 58.0 Å². The number of hydrogen-bond acceptors (Lipinski definition) is 4. The van der Waals surface area contributed by atoms with Crippen LogP contribution >= 0.6 is 58.0 Å². The van der Waals surface area contributed by atoms with Gasteiger partial charge in [0.2, 0.25) is 21.8 Å². The molecule has 198 valence electrons. The molecule has 36 heavy (non-hydrogen) atoms. The maximum atomic E-state index is 13.7. The molecule has 0 heterocycles. The van der Waals surface area contributed by atoms with Crippen LogP contribution in [0.2, 0.25) is 25.1 Å². The minimum Gasteiger partial charge on any atom is -0.354 e. The van der Waals surface area contributed by atoms with E-state index in [-0.39, 0.29) is 39.6 Å². The molecule has 1 N–H and O–H groups in total. The summed E-state index contributed by atoms with van der Waals surface area (Å²) >= 11 is 30.7. The van der Waals surface area contributed by atoms with E-state index in [1.54, 1.807) is 19.1 Å². The Morgan fingerprint density at radius 3 is 2.14 bits per heavy atom. The van der Waals surface area contributed by atoms with Crippen molar-refractivity contribution in [3.05, 3.63) is 61.0 Å². The first-order valence-corrected chi connectivity index (χ1v) is 14.7. The molecule has 0 saturated heterocycles. The first-order chi connectivity index (χ1) is 16.8. The van der Waals surface area contributed by atoms with Crippen molar-refractivity contribution in [3.63, 3.8) is 0 Å². The molecule has 0 aliphatic rings. The van der Waals surface area contributed by atoms with E-state index in [1.807, 2.05) is 6.92 Å². The molecule has 0 fully saturated rings. The van der Waals surface area contributed by atoms with Crippen LogP contribution in [-0.4, -0.2) is 50.5 Å². The molecule has 0 saturated carbocycles. The van der Waals surface area contributed by atoms with Crippen LogP contribution in [-0.2, 0) is 26.2 Å². The number of nitrogens with one attached hydrogen (secondary N) is 1. The number of benzene rings is 2. The predicted octanol–water partition coefficient (Wildman–Crippen LogP) is 6.05. The van der Waals surface area contributed by atoms with Crippen LogP contribution in [0, 0.1) is 0 Å². The maximum absolute atomic E-state index is 13.7. The lowest BCUT2D eigenvalue weighted by Crippen LogP contribution is -2.52. The third kappa shape index (κ3) is 8.04. The first-order valence-electron chi connectivity index (χ1n) is 10.9. The van der Waals surface area contributed by atoms with Gasteiger partial charge in [-0.2, -0.15) is 0 Å². The van der Waals surface area contributed by atoms with E-state index >= 15 is 0 Å². The van der Waals surface area contributed by atoms with E-state index < -0.39 is 28.5 Å². The van der Waals surface area contributed by atoms with Crippen molar-refractivity contribution in [3.8, 4) is 0 Å². The fourth-order valence-electron chi connectivity index (χ4n) is 3.42. The standard InChI is InChI=1S/C23H26Cl5N3O4S/c1-4-8-29-23(33)20(5-2)30(12-14-6-7-15(24)9-16(14)25)22(32)13-31(36(3,34)35)21-11-18(27)17(26)10-19(21)28/h6-7,9-11,20H,4-5,8,12-13H2,1-3H3,(H,29,33). The van der Waals surface area contributed by atoms with Gasteiger partial charge in [-0.1, -0.05) is 77.9 Å². The van der Waals surface area contributed by atoms with Crippen molar-refractivity contribution >= 4 is 85.5 Å². The monoisotopic (exact) mass is 615 g/mol. The summed E-state index contributed by atoms with van der Waals surface area (Å²) in [5.41, 5.74) is 0.518. The Hall–Kier alpha value is -1.42. The van der Waals surface area contributed by atoms with Gasteiger partial charge in [0.1, 0.15) is 12.6 Å². The quantitative estimate of drug-likeness (QED) is 0.311. The van der Waals surface area contributed by atoms with Crippen molar-refractivity contribution in [2.75, 3.05) is 23.7 Å². The molecule has 13 heteroatoms. The topological polar surface area (TPSA) is 86.8 Å². The van der Waals surface area contributed by atoms with Crippen LogP contribution in [0.15, 0.2) is 30.3 Å². The van der Waals surface area contributed by atoms with Crippen LogP contribution in [0.1, 0.15) is 32.3 Å². The van der Waals surface area contributed by atoms with Gasteiger partial charge in [-0.05, 0) is 42.7 Å². The third-order valence-electron chi connectivity index (χ3n) is 5.23. The molecule has 0 aromatic heterocycles. The number of anilines is 1. The SMILES string of the molecule is CCCNC(=O)C(CC)N(Cc1ccc(Cl)cc1Cl)C(=O)CN(c1cc(Cl)c(Cl)cc1Cl)S(C)(=O)=O. The lowest BCUT2D eigenvalue weighted by atomic mass is 10.1. The minimum atomic E-state index is -4.00. The van der Waals surface area contributed by atoms with E-state index in [0.717, 1.165) is 10.6 Å². The number of hydrogen-bond donors (Lipinski definition) is 1. The fraction of sp³-hybridized carbons (Fsp3) is 0.391. The summed E-state index contributed by atoms with van der Waals surface area (Å²) in [5, 5.41) is 3.68. The van der Waals surface area contributed by atoms with E-state index in [9.17, 15) is 18.0 Å². The average Bonchev–Trinajstić information content (AvgIpc) is 2.79. The highest BCUT2D eigenvalue weighted by molar-refractivity contribution is 7.92. The number of rotatable bonds is 11. The van der Waals surface area contributed by atoms with Crippen LogP contribution in [0.4, 0.5) is 5.69 Å². The van der Waals surface area contributed by atoms with Gasteiger partial charge in [0, 0.05) is 23.1 Å². The summed E-state index contributed by atoms with van der Waals surface area (Å²) in [6.45, 7) is 3.39. The molecule has 0 radical (unpaired) electrons. The maximum Gasteiger partial charge on any atom is 0.244 e. The summed E-state index contributed by atoms with van der Waals surface area (Å²) in [4.78, 5) is 27.9. The molecule has 0 aliphatic heterocycles. The molecule has 1 unspecified atom stereocenters. The van der Waals surface area contributed by atoms with Crippen molar-refractivity contribution < 1.29 is 18.0 Å². The van der Waals surface area contributed by atoms with Crippen molar-refractivity contribution in [1.29, 1.82) is 0 Å². The number of amides is 2. The average molecular weight is 618 g/mol. The van der Waals surface area contributed by atoms with Gasteiger partial charge in [0.15, 0.2) is 0 Å². The number of sulfonamides is 1. The molecular formula is C23H26Cl5N3O4S. The Kier molecular flexibility index (Phi) is 11.5. The molecule has 2 aromatic carbocycles. The predicted molar refractivity (Wildman–Crippen MR) is 148 cm³/mol. The second kappa shape index (κ2) is 13.4. The minimum absolute atomic E-state index is 0.0114. The first kappa shape index (κ1) is 30.8. The van der Waals surface area contributed by atoms with Crippen molar-refractivity contribution in [2.24, 2.45) is 0 Å². The largest absolute Gasteiger partial charge is 0.354 e. The van der Waals surface area contributed by atoms with Gasteiger partial charge in [0.05, 0.1) is 27.0 Å². The van der Waals surface area contributed by atoms with Crippen LogP contribution in [0.3, 0.4) is 0 Å². The second-order valence-corrected chi connectivity index (χ2v) is 11.9. The van der Waals surface area contributed by atoms with Crippen molar-refractivity contribution in [2.45, 2.75) is 39.3 Å². The Labute approximate surface area is 236 Å². The number of carbonyl (C=O) groups is 2. The zero-order valence-corrected chi connectivity index (χ0v) is 24.4. The molecule has 2 rings (SSSR count). The van der Waals surface area contributed by atoms with Crippen LogP contribution < -0.4 is 9.62 Å². The Bertz CT molecular complexity index is 1230. The van der Waals surface area contributed by atoms with Crippen LogP contribution in [0.25, 0.3) is 0 Å². The third-order valence-corrected chi connectivity index (χ3v) is 7.97. The van der Waals surface area contributed by atoms with E-state index in [0.29, 0.717) is 28.6 Å². The van der Waals surface area contributed by atoms with Gasteiger partial charge in [-0.15, -0.1) is 0 Å². The number of halogens is 5. The molecule has 0 aliphatic carbocycles. The summed E-state index contributed by atoms with van der Waals surface area (Å²) in [6.07, 6.45) is 1.92. The summed E-state index contributed by atoms with van der Waals surface area (Å²) < 4.78 is 26.2. The van der Waals surface area contributed by atoms with Gasteiger partial charge >= 0.3 is 0 Å². The zero-order valence-electron chi connectivity index (χ0n) is 19.8. The smallest absolute Gasteiger partial charge is 0.244 e. The molecule has 2 aromatic rings. The number of carbonyl (C=O) groups excluding carboxylic acids is 2. The van der Waals surface area contributed by atoms with Gasteiger partial charge in [-0.25, -0.2) is 8.42 Å². The van der Waals surface area contributed by atoms with Crippen LogP contribution in [0.5, 0.6) is 0 Å². The fourth-order valence-corrected chi connectivity index (χ4v) is 5.43. The zero-order chi connectivity index (χ0) is 27.2. The highest BCUT2D eigenvalue weighted by Crippen LogP contribution is 2.36. The molecule has 1 atom stereocenters. The Balaban J connectivity index is 2.53. The van der Waals surface area contributed by atoms with E-state index in [2.05, 4.69) is 5.32 Å². The molecular weight excluding hydrogens is 592 g/mol. The second-order valence-electron chi connectivity index (χ2n) is 7.96. The summed E-state index contributed by atoms with van der Waals surface area (Å²) in [5.74, 6) is -1.01. The lowest BCUT2D eigenvalue weighted by Gasteiger charge is -2.33. The normalized spacial score (nSPS) is 12.2. The van der Waals surface area contributed by atoms with Gasteiger partial charge in [0.25, 0.3) is 0 Å². The van der Waals surface area contributed by atoms with Gasteiger partial charge < -0.3 is 10.2 Å². The van der Waals surface area contributed by atoms with E-state index in [1.165, 1.54) is 23.1 Å². The summed E-state index contributed by atoms with van der Waals surface area (Å²) in [7, 11) is -4.00.